The lowest BCUT2D eigenvalue weighted by Crippen LogP contribution is -2.44. The zero-order valence-electron chi connectivity index (χ0n) is 10.1. The van der Waals surface area contributed by atoms with Gasteiger partial charge in [0.15, 0.2) is 0 Å². The van der Waals surface area contributed by atoms with Crippen LogP contribution < -0.4 is 16.4 Å². The van der Waals surface area contributed by atoms with Crippen molar-refractivity contribution in [2.75, 3.05) is 33.4 Å². The molecule has 0 aromatic heterocycles. The van der Waals surface area contributed by atoms with E-state index in [-0.39, 0.29) is 25.0 Å². The molecule has 2 amide bonds. The van der Waals surface area contributed by atoms with Crippen LogP contribution in [0.1, 0.15) is 13.8 Å². The first kappa shape index (κ1) is 14.9. The summed E-state index contributed by atoms with van der Waals surface area (Å²) >= 11 is 0. The van der Waals surface area contributed by atoms with E-state index in [0.717, 1.165) is 0 Å². The molecule has 0 fully saturated rings. The van der Waals surface area contributed by atoms with Crippen LogP contribution in [0.4, 0.5) is 0 Å². The second-order valence-corrected chi connectivity index (χ2v) is 4.08. The summed E-state index contributed by atoms with van der Waals surface area (Å²) in [5.41, 5.74) is 4.58. The Bertz CT molecular complexity index is 241. The Morgan fingerprint density at radius 3 is 2.50 bits per heavy atom. The summed E-state index contributed by atoms with van der Waals surface area (Å²) in [6.45, 7) is 4.50. The van der Waals surface area contributed by atoms with Gasteiger partial charge in [0, 0.05) is 20.1 Å². The van der Waals surface area contributed by atoms with E-state index in [1.54, 1.807) is 20.9 Å². The Balaban J connectivity index is 3.86. The van der Waals surface area contributed by atoms with Crippen LogP contribution >= 0.6 is 0 Å². The highest BCUT2D eigenvalue weighted by atomic mass is 16.5. The molecule has 0 aromatic rings. The molecule has 0 aromatic carbocycles. The molecule has 0 aliphatic rings. The summed E-state index contributed by atoms with van der Waals surface area (Å²) in [7, 11) is 1.57. The second kappa shape index (κ2) is 7.19. The number of amides is 2. The van der Waals surface area contributed by atoms with E-state index in [2.05, 4.69) is 10.6 Å². The lowest BCUT2D eigenvalue weighted by molar-refractivity contribution is -0.130. The van der Waals surface area contributed by atoms with Gasteiger partial charge in [-0.3, -0.25) is 9.59 Å². The third-order valence-electron chi connectivity index (χ3n) is 2.06. The third-order valence-corrected chi connectivity index (χ3v) is 2.06. The second-order valence-electron chi connectivity index (χ2n) is 4.08. The summed E-state index contributed by atoms with van der Waals surface area (Å²) in [4.78, 5) is 22.7. The fourth-order valence-corrected chi connectivity index (χ4v) is 1.04. The number of carbonyl (C=O) groups is 2. The molecule has 0 saturated carbocycles. The maximum Gasteiger partial charge on any atom is 0.246 e. The van der Waals surface area contributed by atoms with E-state index < -0.39 is 5.41 Å². The van der Waals surface area contributed by atoms with Crippen molar-refractivity contribution in [1.29, 1.82) is 0 Å². The number of rotatable bonds is 7. The normalized spacial score (nSPS) is 11.0. The van der Waals surface area contributed by atoms with Gasteiger partial charge in [0.05, 0.1) is 12.0 Å². The third kappa shape index (κ3) is 5.67. The van der Waals surface area contributed by atoms with Crippen molar-refractivity contribution < 1.29 is 14.3 Å². The highest BCUT2D eigenvalue weighted by Gasteiger charge is 2.26. The average Bonchev–Trinajstić information content (AvgIpc) is 2.25. The molecule has 0 rings (SSSR count). The summed E-state index contributed by atoms with van der Waals surface area (Å²) in [5, 5.41) is 5.17. The number of ether oxygens (including phenoxy) is 1. The molecule has 6 heteroatoms. The SMILES string of the molecule is CNC(=O)C(C)(C)CNC(=O)COCCN. The topological polar surface area (TPSA) is 93.5 Å². The molecular formula is C10H21N3O3. The van der Waals surface area contributed by atoms with Gasteiger partial charge in [-0.1, -0.05) is 0 Å². The fraction of sp³-hybridized carbons (Fsp3) is 0.800. The van der Waals surface area contributed by atoms with Crippen LogP contribution in [0.2, 0.25) is 0 Å². The Kier molecular flexibility index (Phi) is 6.67. The standard InChI is InChI=1S/C10H21N3O3/c1-10(2,9(15)12-3)7-13-8(14)6-16-5-4-11/h4-7,11H2,1-3H3,(H,12,15)(H,13,14). The molecule has 0 heterocycles. The minimum absolute atomic E-state index is 0.0268. The Morgan fingerprint density at radius 1 is 1.38 bits per heavy atom. The number of nitrogens with one attached hydrogen (secondary N) is 2. The number of hydrogen-bond acceptors (Lipinski definition) is 4. The Morgan fingerprint density at radius 2 is 2.00 bits per heavy atom. The molecular weight excluding hydrogens is 210 g/mol. The fourth-order valence-electron chi connectivity index (χ4n) is 1.04. The zero-order chi connectivity index (χ0) is 12.6. The van der Waals surface area contributed by atoms with Gasteiger partial charge in [0.2, 0.25) is 11.8 Å². The summed E-state index contributed by atoms with van der Waals surface area (Å²) < 4.78 is 4.96. The van der Waals surface area contributed by atoms with E-state index in [9.17, 15) is 9.59 Å². The summed E-state index contributed by atoms with van der Waals surface area (Å²) in [6.07, 6.45) is 0. The van der Waals surface area contributed by atoms with Crippen molar-refractivity contribution in [2.45, 2.75) is 13.8 Å². The Labute approximate surface area is 95.9 Å². The molecule has 94 valence electrons. The molecule has 0 bridgehead atoms. The van der Waals surface area contributed by atoms with Crippen molar-refractivity contribution >= 4 is 11.8 Å². The Hall–Kier alpha value is -1.14. The lowest BCUT2D eigenvalue weighted by atomic mass is 9.92. The van der Waals surface area contributed by atoms with Crippen molar-refractivity contribution in [2.24, 2.45) is 11.1 Å². The molecule has 0 radical (unpaired) electrons. The van der Waals surface area contributed by atoms with Crippen LogP contribution in [-0.2, 0) is 14.3 Å². The first-order valence-corrected chi connectivity index (χ1v) is 5.20. The van der Waals surface area contributed by atoms with Crippen molar-refractivity contribution in [3.05, 3.63) is 0 Å². The molecule has 0 spiro atoms. The smallest absolute Gasteiger partial charge is 0.246 e. The molecule has 0 saturated heterocycles. The molecule has 0 unspecified atom stereocenters. The van der Waals surface area contributed by atoms with Gasteiger partial charge in [-0.2, -0.15) is 0 Å². The van der Waals surface area contributed by atoms with Crippen LogP contribution in [0, 0.1) is 5.41 Å². The minimum Gasteiger partial charge on any atom is -0.370 e. The van der Waals surface area contributed by atoms with Gasteiger partial charge in [-0.25, -0.2) is 0 Å². The highest BCUT2D eigenvalue weighted by Crippen LogP contribution is 2.12. The predicted octanol–water partition coefficient (Wildman–Crippen LogP) is -1.15. The maximum atomic E-state index is 11.4. The van der Waals surface area contributed by atoms with Crippen molar-refractivity contribution in [1.82, 2.24) is 10.6 Å². The van der Waals surface area contributed by atoms with Gasteiger partial charge in [-0.15, -0.1) is 0 Å². The summed E-state index contributed by atoms with van der Waals surface area (Å²) in [6, 6.07) is 0. The van der Waals surface area contributed by atoms with E-state index in [4.69, 9.17) is 10.5 Å². The molecule has 0 atom stereocenters. The van der Waals surface area contributed by atoms with Gasteiger partial charge in [-0.05, 0) is 13.8 Å². The molecule has 6 nitrogen and oxygen atoms in total. The quantitative estimate of drug-likeness (QED) is 0.482. The van der Waals surface area contributed by atoms with E-state index >= 15 is 0 Å². The van der Waals surface area contributed by atoms with Gasteiger partial charge < -0.3 is 21.1 Å². The zero-order valence-corrected chi connectivity index (χ0v) is 10.1. The number of nitrogens with two attached hydrogens (primary N) is 1. The van der Waals surface area contributed by atoms with E-state index in [1.807, 2.05) is 0 Å². The van der Waals surface area contributed by atoms with Crippen LogP contribution in [0.15, 0.2) is 0 Å². The van der Waals surface area contributed by atoms with Crippen molar-refractivity contribution in [3.8, 4) is 0 Å². The van der Waals surface area contributed by atoms with Crippen molar-refractivity contribution in [3.63, 3.8) is 0 Å². The van der Waals surface area contributed by atoms with Gasteiger partial charge >= 0.3 is 0 Å². The highest BCUT2D eigenvalue weighted by molar-refractivity contribution is 5.83. The molecule has 16 heavy (non-hydrogen) atoms. The number of hydrogen-bond donors (Lipinski definition) is 3. The lowest BCUT2D eigenvalue weighted by Gasteiger charge is -2.22. The molecule has 4 N–H and O–H groups in total. The summed E-state index contributed by atoms with van der Waals surface area (Å²) in [5.74, 6) is -0.360. The minimum atomic E-state index is -0.627. The maximum absolute atomic E-state index is 11.4. The van der Waals surface area contributed by atoms with Crippen LogP contribution in [0.5, 0.6) is 0 Å². The van der Waals surface area contributed by atoms with Gasteiger partial charge in [0.1, 0.15) is 6.61 Å². The predicted molar refractivity (Wildman–Crippen MR) is 60.7 cm³/mol. The number of carbonyl (C=O) groups excluding carboxylic acids is 2. The monoisotopic (exact) mass is 231 g/mol. The van der Waals surface area contributed by atoms with Crippen LogP contribution in [0.25, 0.3) is 0 Å². The van der Waals surface area contributed by atoms with E-state index in [1.165, 1.54) is 0 Å². The molecule has 0 aliphatic carbocycles. The van der Waals surface area contributed by atoms with E-state index in [0.29, 0.717) is 13.2 Å². The van der Waals surface area contributed by atoms with Crippen LogP contribution in [-0.4, -0.2) is 45.2 Å². The van der Waals surface area contributed by atoms with Gasteiger partial charge in [0.25, 0.3) is 0 Å². The first-order valence-electron chi connectivity index (χ1n) is 5.20. The first-order chi connectivity index (χ1) is 7.44. The largest absolute Gasteiger partial charge is 0.370 e. The molecule has 0 aliphatic heterocycles. The van der Waals surface area contributed by atoms with Crippen LogP contribution in [0.3, 0.4) is 0 Å². The average molecular weight is 231 g/mol.